The van der Waals surface area contributed by atoms with E-state index in [0.717, 1.165) is 5.69 Å². The standard InChI is InChI=1S/C11H14N4S/c1-11(2,3)8-4-6-9(7-5-8)12-10-13-14-15-16-10/h4-7H,1-3H3,(H,12,13,15). The molecule has 0 spiro atoms. The van der Waals surface area contributed by atoms with Crippen LogP contribution in [0.3, 0.4) is 0 Å². The zero-order chi connectivity index (χ0) is 11.6. The molecule has 1 N–H and O–H groups in total. The third kappa shape index (κ3) is 2.55. The van der Waals surface area contributed by atoms with Crippen molar-refractivity contribution in [1.29, 1.82) is 0 Å². The summed E-state index contributed by atoms with van der Waals surface area (Å²) in [6.07, 6.45) is 0. The molecule has 1 heterocycles. The number of benzene rings is 1. The quantitative estimate of drug-likeness (QED) is 0.868. The molecule has 0 radical (unpaired) electrons. The molecule has 1 aromatic carbocycles. The maximum absolute atomic E-state index is 3.83. The highest BCUT2D eigenvalue weighted by molar-refractivity contribution is 7.09. The Labute approximate surface area is 98.9 Å². The second kappa shape index (κ2) is 4.17. The van der Waals surface area contributed by atoms with Gasteiger partial charge in [0.1, 0.15) is 0 Å². The van der Waals surface area contributed by atoms with Crippen LogP contribution >= 0.6 is 11.5 Å². The summed E-state index contributed by atoms with van der Waals surface area (Å²) in [5, 5.41) is 11.2. The molecular formula is C11H14N4S. The Balaban J connectivity index is 2.14. The highest BCUT2D eigenvalue weighted by atomic mass is 32.1. The van der Waals surface area contributed by atoms with Gasteiger partial charge in [-0.25, -0.2) is 0 Å². The third-order valence-corrected chi connectivity index (χ3v) is 2.81. The average Bonchev–Trinajstić information content (AvgIpc) is 2.70. The second-order valence-electron chi connectivity index (χ2n) is 4.62. The number of hydrogen-bond donors (Lipinski definition) is 1. The Morgan fingerprint density at radius 1 is 1.12 bits per heavy atom. The van der Waals surface area contributed by atoms with Gasteiger partial charge in [-0.1, -0.05) is 42.5 Å². The van der Waals surface area contributed by atoms with Crippen LogP contribution in [0.1, 0.15) is 26.3 Å². The van der Waals surface area contributed by atoms with Crippen molar-refractivity contribution in [3.8, 4) is 0 Å². The molecule has 0 atom stereocenters. The largest absolute Gasteiger partial charge is 0.329 e. The van der Waals surface area contributed by atoms with Gasteiger partial charge in [0.05, 0.1) is 0 Å². The number of anilines is 2. The molecule has 0 unspecified atom stereocenters. The zero-order valence-corrected chi connectivity index (χ0v) is 10.4. The Hall–Kier alpha value is -1.49. The predicted octanol–water partition coefficient (Wildman–Crippen LogP) is 2.97. The van der Waals surface area contributed by atoms with Crippen molar-refractivity contribution in [2.75, 3.05) is 5.32 Å². The first-order valence-corrected chi connectivity index (χ1v) is 5.86. The van der Waals surface area contributed by atoms with Crippen LogP contribution in [0.25, 0.3) is 0 Å². The minimum absolute atomic E-state index is 0.183. The van der Waals surface area contributed by atoms with Crippen molar-refractivity contribution in [3.63, 3.8) is 0 Å². The van der Waals surface area contributed by atoms with E-state index in [0.29, 0.717) is 5.13 Å². The number of rotatable bonds is 2. The van der Waals surface area contributed by atoms with Crippen LogP contribution in [0.2, 0.25) is 0 Å². The Bertz CT molecular complexity index is 442. The SMILES string of the molecule is CC(C)(C)c1ccc(Nc2nnns2)cc1. The van der Waals surface area contributed by atoms with Crippen molar-refractivity contribution in [3.05, 3.63) is 29.8 Å². The van der Waals surface area contributed by atoms with Gasteiger partial charge in [0, 0.05) is 17.2 Å². The van der Waals surface area contributed by atoms with Crippen LogP contribution in [0.4, 0.5) is 10.8 Å². The normalized spacial score (nSPS) is 11.4. The van der Waals surface area contributed by atoms with Crippen LogP contribution in [0, 0.1) is 0 Å². The van der Waals surface area contributed by atoms with Crippen LogP contribution in [-0.2, 0) is 5.41 Å². The number of aromatic nitrogens is 3. The number of nitrogens with zero attached hydrogens (tertiary/aromatic N) is 3. The molecule has 4 nitrogen and oxygen atoms in total. The lowest BCUT2D eigenvalue weighted by Gasteiger charge is -2.19. The van der Waals surface area contributed by atoms with Crippen LogP contribution in [0.15, 0.2) is 24.3 Å². The van der Waals surface area contributed by atoms with E-state index in [1.807, 2.05) is 12.1 Å². The lowest BCUT2D eigenvalue weighted by molar-refractivity contribution is 0.590. The molecule has 16 heavy (non-hydrogen) atoms. The summed E-state index contributed by atoms with van der Waals surface area (Å²) in [6, 6.07) is 8.33. The van der Waals surface area contributed by atoms with Crippen LogP contribution < -0.4 is 5.32 Å². The maximum atomic E-state index is 3.83. The van der Waals surface area contributed by atoms with Gasteiger partial charge in [0.25, 0.3) is 0 Å². The maximum Gasteiger partial charge on any atom is 0.229 e. The van der Waals surface area contributed by atoms with Crippen molar-refractivity contribution >= 4 is 22.4 Å². The third-order valence-electron chi connectivity index (χ3n) is 2.30. The van der Waals surface area contributed by atoms with E-state index in [4.69, 9.17) is 0 Å². The lowest BCUT2D eigenvalue weighted by Crippen LogP contribution is -2.10. The molecule has 0 aliphatic rings. The number of nitrogens with one attached hydrogen (secondary N) is 1. The monoisotopic (exact) mass is 234 g/mol. The summed E-state index contributed by atoms with van der Waals surface area (Å²) in [5.41, 5.74) is 2.50. The molecule has 0 aliphatic heterocycles. The average molecular weight is 234 g/mol. The molecule has 0 aliphatic carbocycles. The van der Waals surface area contributed by atoms with E-state index in [9.17, 15) is 0 Å². The van der Waals surface area contributed by atoms with E-state index in [1.165, 1.54) is 17.1 Å². The van der Waals surface area contributed by atoms with Gasteiger partial charge in [-0.15, -0.1) is 0 Å². The van der Waals surface area contributed by atoms with E-state index in [-0.39, 0.29) is 5.41 Å². The summed E-state index contributed by atoms with van der Waals surface area (Å²) in [5.74, 6) is 0. The van der Waals surface area contributed by atoms with Gasteiger partial charge in [0.2, 0.25) is 5.13 Å². The second-order valence-corrected chi connectivity index (χ2v) is 5.35. The Morgan fingerprint density at radius 3 is 2.31 bits per heavy atom. The van der Waals surface area contributed by atoms with E-state index in [2.05, 4.69) is 53.0 Å². The molecule has 2 aromatic rings. The minimum Gasteiger partial charge on any atom is -0.329 e. The summed E-state index contributed by atoms with van der Waals surface area (Å²) < 4.78 is 3.69. The van der Waals surface area contributed by atoms with Crippen LogP contribution in [-0.4, -0.2) is 14.8 Å². The van der Waals surface area contributed by atoms with E-state index >= 15 is 0 Å². The molecule has 5 heteroatoms. The summed E-state index contributed by atoms with van der Waals surface area (Å²) >= 11 is 1.24. The summed E-state index contributed by atoms with van der Waals surface area (Å²) in [7, 11) is 0. The molecule has 1 aromatic heterocycles. The molecule has 0 fully saturated rings. The zero-order valence-electron chi connectivity index (χ0n) is 9.56. The first-order valence-electron chi connectivity index (χ1n) is 5.08. The highest BCUT2D eigenvalue weighted by Gasteiger charge is 2.12. The highest BCUT2D eigenvalue weighted by Crippen LogP contribution is 2.24. The molecular weight excluding hydrogens is 220 g/mol. The Morgan fingerprint density at radius 2 is 1.81 bits per heavy atom. The fraction of sp³-hybridized carbons (Fsp3) is 0.364. The first-order chi connectivity index (χ1) is 7.55. The van der Waals surface area contributed by atoms with Crippen molar-refractivity contribution in [2.24, 2.45) is 0 Å². The molecule has 84 valence electrons. The summed E-state index contributed by atoms with van der Waals surface area (Å²) in [4.78, 5) is 0. The fourth-order valence-electron chi connectivity index (χ4n) is 1.36. The van der Waals surface area contributed by atoms with Gasteiger partial charge < -0.3 is 5.32 Å². The Kier molecular flexibility index (Phi) is 2.87. The van der Waals surface area contributed by atoms with Crippen molar-refractivity contribution in [2.45, 2.75) is 26.2 Å². The van der Waals surface area contributed by atoms with E-state index < -0.39 is 0 Å². The molecule has 0 amide bonds. The predicted molar refractivity (Wildman–Crippen MR) is 66.1 cm³/mol. The van der Waals surface area contributed by atoms with Gasteiger partial charge in [0.15, 0.2) is 0 Å². The van der Waals surface area contributed by atoms with Crippen molar-refractivity contribution < 1.29 is 0 Å². The van der Waals surface area contributed by atoms with Gasteiger partial charge in [-0.05, 0) is 28.3 Å². The minimum atomic E-state index is 0.183. The molecule has 2 rings (SSSR count). The van der Waals surface area contributed by atoms with Gasteiger partial charge in [-0.2, -0.15) is 0 Å². The topological polar surface area (TPSA) is 50.7 Å². The lowest BCUT2D eigenvalue weighted by atomic mass is 9.87. The first kappa shape index (κ1) is 11.0. The number of hydrogen-bond acceptors (Lipinski definition) is 5. The summed E-state index contributed by atoms with van der Waals surface area (Å²) in [6.45, 7) is 6.60. The van der Waals surface area contributed by atoms with Gasteiger partial charge in [-0.3, -0.25) is 0 Å². The smallest absolute Gasteiger partial charge is 0.229 e. The molecule has 0 bridgehead atoms. The van der Waals surface area contributed by atoms with E-state index in [1.54, 1.807) is 0 Å². The van der Waals surface area contributed by atoms with Crippen LogP contribution in [0.5, 0.6) is 0 Å². The van der Waals surface area contributed by atoms with Crippen molar-refractivity contribution in [1.82, 2.24) is 14.8 Å². The fourth-order valence-corrected chi connectivity index (χ4v) is 1.75. The van der Waals surface area contributed by atoms with Gasteiger partial charge >= 0.3 is 0 Å². The molecule has 0 saturated heterocycles. The molecule has 0 saturated carbocycles.